The van der Waals surface area contributed by atoms with Gasteiger partial charge in [0.15, 0.2) is 0 Å². The van der Waals surface area contributed by atoms with Gasteiger partial charge in [-0.25, -0.2) is 9.78 Å². The molecule has 1 aliphatic heterocycles. The number of amides is 2. The Morgan fingerprint density at radius 1 is 1.29 bits per heavy atom. The van der Waals surface area contributed by atoms with Crippen LogP contribution in [0.25, 0.3) is 0 Å². The van der Waals surface area contributed by atoms with E-state index in [1.54, 1.807) is 18.6 Å². The minimum atomic E-state index is -0.0225. The average molecular weight is 330 g/mol. The van der Waals surface area contributed by atoms with Gasteiger partial charge in [0.05, 0.1) is 12.2 Å². The molecule has 0 spiro atoms. The van der Waals surface area contributed by atoms with Crippen molar-refractivity contribution in [2.75, 3.05) is 26.2 Å². The summed E-state index contributed by atoms with van der Waals surface area (Å²) in [5.74, 6) is 0.852. The molecule has 2 aromatic rings. The van der Waals surface area contributed by atoms with Crippen LogP contribution in [0, 0.1) is 0 Å². The van der Waals surface area contributed by atoms with E-state index in [0.29, 0.717) is 19.5 Å². The van der Waals surface area contributed by atoms with E-state index in [-0.39, 0.29) is 12.1 Å². The van der Waals surface area contributed by atoms with Gasteiger partial charge in [-0.2, -0.15) is 5.10 Å². The molecule has 24 heavy (non-hydrogen) atoms. The lowest BCUT2D eigenvalue weighted by Gasteiger charge is -2.34. The molecule has 0 saturated carbocycles. The lowest BCUT2D eigenvalue weighted by molar-refractivity contribution is 0.132. The summed E-state index contributed by atoms with van der Waals surface area (Å²) in [7, 11) is 0. The topological polar surface area (TPSA) is 103 Å². The summed E-state index contributed by atoms with van der Waals surface area (Å²) in [6.45, 7) is 5.78. The van der Waals surface area contributed by atoms with Crippen molar-refractivity contribution in [3.8, 4) is 0 Å². The van der Waals surface area contributed by atoms with Gasteiger partial charge >= 0.3 is 6.03 Å². The van der Waals surface area contributed by atoms with Crippen molar-refractivity contribution in [1.82, 2.24) is 40.3 Å². The molecule has 1 fully saturated rings. The molecule has 9 nitrogen and oxygen atoms in total. The van der Waals surface area contributed by atoms with E-state index in [9.17, 15) is 4.79 Å². The highest BCUT2D eigenvalue weighted by Crippen LogP contribution is 2.06. The van der Waals surface area contributed by atoms with Crippen LogP contribution in [0.4, 0.5) is 4.79 Å². The van der Waals surface area contributed by atoms with Crippen LogP contribution >= 0.6 is 0 Å². The van der Waals surface area contributed by atoms with Gasteiger partial charge in [0.1, 0.15) is 12.2 Å². The van der Waals surface area contributed by atoms with Crippen LogP contribution in [0.3, 0.4) is 0 Å². The summed E-state index contributed by atoms with van der Waals surface area (Å²) in [5, 5.41) is 9.74. The molecule has 2 aromatic heterocycles. The number of hydrogen-bond donors (Lipinski definition) is 2. The first-order valence-corrected chi connectivity index (χ1v) is 8.07. The summed E-state index contributed by atoms with van der Waals surface area (Å²) in [6.07, 6.45) is 7.22. The van der Waals surface area contributed by atoms with E-state index < -0.39 is 0 Å². The first-order chi connectivity index (χ1) is 11.7. The quantitative estimate of drug-likeness (QED) is 0.803. The molecular formula is C15H22N8O. The maximum Gasteiger partial charge on any atom is 0.317 e. The van der Waals surface area contributed by atoms with Crippen LogP contribution in [0.5, 0.6) is 0 Å². The normalized spacial score (nSPS) is 16.8. The SMILES string of the molecule is CC(Cc1cnccn1)NC(=O)N1CCN(Cc2ncn[nH]2)CC1. The number of aromatic amines is 1. The minimum absolute atomic E-state index is 0.0152. The molecule has 3 heterocycles. The van der Waals surface area contributed by atoms with Crippen LogP contribution in [-0.2, 0) is 13.0 Å². The van der Waals surface area contributed by atoms with E-state index in [0.717, 1.165) is 31.2 Å². The smallest absolute Gasteiger partial charge is 0.317 e. The van der Waals surface area contributed by atoms with Gasteiger partial charge in [0.2, 0.25) is 0 Å². The van der Waals surface area contributed by atoms with Gasteiger partial charge in [-0.1, -0.05) is 0 Å². The molecular weight excluding hydrogens is 308 g/mol. The third-order valence-corrected chi connectivity index (χ3v) is 4.00. The van der Waals surface area contributed by atoms with E-state index >= 15 is 0 Å². The standard InChI is InChI=1S/C15H22N8O/c1-12(8-13-9-16-2-3-17-13)20-15(24)23-6-4-22(5-7-23)10-14-18-11-19-21-14/h2-3,9,11-12H,4-8,10H2,1H3,(H,20,24)(H,18,19,21). The molecule has 9 heteroatoms. The summed E-state index contributed by atoms with van der Waals surface area (Å²) >= 11 is 0. The van der Waals surface area contributed by atoms with Crippen LogP contribution in [0.2, 0.25) is 0 Å². The summed E-state index contributed by atoms with van der Waals surface area (Å²) in [5.41, 5.74) is 0.877. The molecule has 2 N–H and O–H groups in total. The van der Waals surface area contributed by atoms with Crippen LogP contribution in [0.15, 0.2) is 24.9 Å². The number of piperazine rings is 1. The fraction of sp³-hybridized carbons (Fsp3) is 0.533. The number of carbonyl (C=O) groups is 1. The second-order valence-electron chi connectivity index (χ2n) is 5.95. The highest BCUT2D eigenvalue weighted by Gasteiger charge is 2.22. The van der Waals surface area contributed by atoms with Gasteiger partial charge < -0.3 is 10.2 Å². The largest absolute Gasteiger partial charge is 0.335 e. The Hall–Kier alpha value is -2.55. The molecule has 0 aromatic carbocycles. The highest BCUT2D eigenvalue weighted by molar-refractivity contribution is 5.74. The minimum Gasteiger partial charge on any atom is -0.335 e. The summed E-state index contributed by atoms with van der Waals surface area (Å²) in [6, 6.07) is -0.00729. The number of urea groups is 1. The number of H-pyrrole nitrogens is 1. The van der Waals surface area contributed by atoms with E-state index in [2.05, 4.69) is 35.4 Å². The Kier molecular flexibility index (Phi) is 5.32. The van der Waals surface area contributed by atoms with Gasteiger partial charge in [-0.3, -0.25) is 20.0 Å². The number of nitrogens with one attached hydrogen (secondary N) is 2. The zero-order valence-electron chi connectivity index (χ0n) is 13.7. The van der Waals surface area contributed by atoms with Crippen molar-refractivity contribution in [2.24, 2.45) is 0 Å². The zero-order valence-corrected chi connectivity index (χ0v) is 13.7. The molecule has 128 valence electrons. The van der Waals surface area contributed by atoms with Gasteiger partial charge in [0, 0.05) is 57.2 Å². The van der Waals surface area contributed by atoms with Gasteiger partial charge in [-0.15, -0.1) is 0 Å². The van der Waals surface area contributed by atoms with Crippen molar-refractivity contribution in [2.45, 2.75) is 25.9 Å². The van der Waals surface area contributed by atoms with Crippen LogP contribution in [0.1, 0.15) is 18.4 Å². The number of rotatable bonds is 5. The van der Waals surface area contributed by atoms with E-state index in [4.69, 9.17) is 0 Å². The Balaban J connectivity index is 1.41. The average Bonchev–Trinajstić information content (AvgIpc) is 3.09. The van der Waals surface area contributed by atoms with E-state index in [1.807, 2.05) is 11.8 Å². The number of hydrogen-bond acceptors (Lipinski definition) is 6. The molecule has 1 saturated heterocycles. The van der Waals surface area contributed by atoms with Gasteiger partial charge in [0.25, 0.3) is 0 Å². The third kappa shape index (κ3) is 4.48. The molecule has 1 atom stereocenters. The number of nitrogens with zero attached hydrogens (tertiary/aromatic N) is 6. The molecule has 1 aliphatic rings. The van der Waals surface area contributed by atoms with Crippen molar-refractivity contribution < 1.29 is 4.79 Å². The molecule has 3 rings (SSSR count). The third-order valence-electron chi connectivity index (χ3n) is 4.00. The predicted molar refractivity (Wildman–Crippen MR) is 87.0 cm³/mol. The molecule has 0 aliphatic carbocycles. The summed E-state index contributed by atoms with van der Waals surface area (Å²) < 4.78 is 0. The Morgan fingerprint density at radius 3 is 2.79 bits per heavy atom. The maximum atomic E-state index is 12.4. The molecule has 0 radical (unpaired) electrons. The Bertz CT molecular complexity index is 624. The summed E-state index contributed by atoms with van der Waals surface area (Å²) in [4.78, 5) is 28.9. The second-order valence-corrected chi connectivity index (χ2v) is 5.95. The molecule has 0 bridgehead atoms. The van der Waals surface area contributed by atoms with Gasteiger partial charge in [-0.05, 0) is 6.92 Å². The zero-order chi connectivity index (χ0) is 16.8. The Morgan fingerprint density at radius 2 is 2.12 bits per heavy atom. The highest BCUT2D eigenvalue weighted by atomic mass is 16.2. The van der Waals surface area contributed by atoms with Crippen molar-refractivity contribution in [1.29, 1.82) is 0 Å². The first-order valence-electron chi connectivity index (χ1n) is 8.07. The fourth-order valence-electron chi connectivity index (χ4n) is 2.73. The number of carbonyl (C=O) groups excluding carboxylic acids is 1. The lowest BCUT2D eigenvalue weighted by atomic mass is 10.2. The predicted octanol–water partition coefficient (Wildman–Crippen LogP) is 0.0531. The monoisotopic (exact) mass is 330 g/mol. The van der Waals surface area contributed by atoms with Crippen LogP contribution in [-0.4, -0.2) is 73.2 Å². The van der Waals surface area contributed by atoms with Crippen molar-refractivity contribution in [3.63, 3.8) is 0 Å². The molecule has 2 amide bonds. The first kappa shape index (κ1) is 16.3. The maximum absolute atomic E-state index is 12.4. The Labute approximate surface area is 140 Å². The number of aromatic nitrogens is 5. The van der Waals surface area contributed by atoms with Crippen molar-refractivity contribution in [3.05, 3.63) is 36.4 Å². The second kappa shape index (κ2) is 7.82. The van der Waals surface area contributed by atoms with Crippen LogP contribution < -0.4 is 5.32 Å². The lowest BCUT2D eigenvalue weighted by Crippen LogP contribution is -2.53. The van der Waals surface area contributed by atoms with Crippen molar-refractivity contribution >= 4 is 6.03 Å². The van der Waals surface area contributed by atoms with E-state index in [1.165, 1.54) is 6.33 Å². The fourth-order valence-corrected chi connectivity index (χ4v) is 2.73. The molecule has 1 unspecified atom stereocenters.